The average molecular weight is 184 g/mol. The first-order chi connectivity index (χ1) is 5.92. The molecule has 0 aromatic carbocycles. The van der Waals surface area contributed by atoms with Crippen molar-refractivity contribution in [2.45, 2.75) is 37.8 Å². The molecule has 2 unspecified atom stereocenters. The topological polar surface area (TPSA) is 3.24 Å². The summed E-state index contributed by atoms with van der Waals surface area (Å²) in [5.41, 5.74) is 0. The van der Waals surface area contributed by atoms with Gasteiger partial charge in [-0.15, -0.1) is 0 Å². The van der Waals surface area contributed by atoms with E-state index in [9.17, 15) is 0 Å². The number of hydrogen-bond acceptors (Lipinski definition) is 2. The molecule has 2 rings (SSSR count). The van der Waals surface area contributed by atoms with Crippen LogP contribution in [0.25, 0.3) is 0 Å². The van der Waals surface area contributed by atoms with E-state index in [0.29, 0.717) is 0 Å². The molecular weight excluding hydrogens is 166 g/mol. The standard InChI is InChI=1S/C10H18NS/c1-12-8-7-11-9-3-2-4-10(11)6-5-9/h2,9-10H,3-8H2,1H3. The molecule has 12 heavy (non-hydrogen) atoms. The molecule has 2 heterocycles. The van der Waals surface area contributed by atoms with Crippen LogP contribution in [0.5, 0.6) is 0 Å². The number of hydrogen-bond donors (Lipinski definition) is 0. The first-order valence-corrected chi connectivity index (χ1v) is 6.37. The zero-order valence-corrected chi connectivity index (χ0v) is 8.65. The number of fused-ring (bicyclic) bond motifs is 2. The lowest BCUT2D eigenvalue weighted by atomic mass is 10.0. The molecule has 0 aliphatic carbocycles. The van der Waals surface area contributed by atoms with Gasteiger partial charge in [0, 0.05) is 24.4 Å². The SMILES string of the molecule is CSCCN1C2C[CH]CC1CC2. The maximum atomic E-state index is 2.75. The molecule has 2 saturated heterocycles. The average Bonchev–Trinajstić information content (AvgIpc) is 2.36. The van der Waals surface area contributed by atoms with Crippen molar-refractivity contribution in [3.63, 3.8) is 0 Å². The highest BCUT2D eigenvalue weighted by Crippen LogP contribution is 2.34. The number of piperidine rings is 1. The van der Waals surface area contributed by atoms with E-state index in [4.69, 9.17) is 0 Å². The number of nitrogens with zero attached hydrogens (tertiary/aromatic N) is 1. The summed E-state index contributed by atoms with van der Waals surface area (Å²) in [6, 6.07) is 1.83. The highest BCUT2D eigenvalue weighted by Gasteiger charge is 2.35. The van der Waals surface area contributed by atoms with Gasteiger partial charge in [-0.25, -0.2) is 0 Å². The molecule has 1 radical (unpaired) electrons. The summed E-state index contributed by atoms with van der Waals surface area (Å²) in [6.07, 6.45) is 10.3. The third-order valence-electron chi connectivity index (χ3n) is 3.20. The van der Waals surface area contributed by atoms with Gasteiger partial charge in [0.1, 0.15) is 0 Å². The van der Waals surface area contributed by atoms with E-state index in [0.717, 1.165) is 12.1 Å². The first-order valence-electron chi connectivity index (χ1n) is 4.98. The Labute approximate surface area is 79.9 Å². The molecule has 2 atom stereocenters. The van der Waals surface area contributed by atoms with Crippen molar-refractivity contribution in [3.8, 4) is 0 Å². The third kappa shape index (κ3) is 1.64. The van der Waals surface area contributed by atoms with Crippen LogP contribution in [-0.4, -0.2) is 35.5 Å². The Morgan fingerprint density at radius 3 is 2.58 bits per heavy atom. The maximum absolute atomic E-state index is 2.75. The van der Waals surface area contributed by atoms with Gasteiger partial charge in [0.15, 0.2) is 0 Å². The maximum Gasteiger partial charge on any atom is 0.0102 e. The molecule has 0 aromatic heterocycles. The predicted molar refractivity (Wildman–Crippen MR) is 55.4 cm³/mol. The summed E-state index contributed by atoms with van der Waals surface area (Å²) < 4.78 is 0. The highest BCUT2D eigenvalue weighted by molar-refractivity contribution is 7.98. The van der Waals surface area contributed by atoms with Crippen LogP contribution in [0.3, 0.4) is 0 Å². The molecule has 0 spiro atoms. The fraction of sp³-hybridized carbons (Fsp3) is 0.900. The van der Waals surface area contributed by atoms with E-state index >= 15 is 0 Å². The summed E-state index contributed by atoms with van der Waals surface area (Å²) in [6.45, 7) is 1.32. The van der Waals surface area contributed by atoms with Gasteiger partial charge >= 0.3 is 0 Å². The van der Waals surface area contributed by atoms with Gasteiger partial charge in [-0.3, -0.25) is 4.90 Å². The lowest BCUT2D eigenvalue weighted by Gasteiger charge is -2.34. The molecule has 1 nitrogen and oxygen atoms in total. The van der Waals surface area contributed by atoms with Crippen molar-refractivity contribution < 1.29 is 0 Å². The highest BCUT2D eigenvalue weighted by atomic mass is 32.2. The molecule has 0 aromatic rings. The Kier molecular flexibility index (Phi) is 2.97. The second-order valence-corrected chi connectivity index (χ2v) is 4.86. The van der Waals surface area contributed by atoms with Crippen LogP contribution in [0.2, 0.25) is 0 Å². The number of thioether (sulfide) groups is 1. The van der Waals surface area contributed by atoms with Gasteiger partial charge in [0.05, 0.1) is 0 Å². The first kappa shape index (κ1) is 8.89. The minimum absolute atomic E-state index is 0.913. The zero-order chi connectivity index (χ0) is 8.39. The van der Waals surface area contributed by atoms with Crippen molar-refractivity contribution >= 4 is 11.8 Å². The Balaban J connectivity index is 1.87. The Hall–Kier alpha value is 0.310. The normalized spacial score (nSPS) is 35.8. The van der Waals surface area contributed by atoms with E-state index in [1.54, 1.807) is 0 Å². The van der Waals surface area contributed by atoms with Gasteiger partial charge in [-0.05, 0) is 38.4 Å². The van der Waals surface area contributed by atoms with Crippen molar-refractivity contribution in [1.29, 1.82) is 0 Å². The summed E-state index contributed by atoms with van der Waals surface area (Å²) >= 11 is 1.98. The molecule has 0 amide bonds. The molecule has 2 fully saturated rings. The van der Waals surface area contributed by atoms with Crippen LogP contribution in [0, 0.1) is 6.42 Å². The smallest absolute Gasteiger partial charge is 0.0102 e. The molecule has 2 bridgehead atoms. The van der Waals surface area contributed by atoms with Gasteiger partial charge in [-0.1, -0.05) is 0 Å². The van der Waals surface area contributed by atoms with E-state index in [1.807, 2.05) is 11.8 Å². The van der Waals surface area contributed by atoms with E-state index in [1.165, 1.54) is 38.0 Å². The van der Waals surface area contributed by atoms with Crippen molar-refractivity contribution in [3.05, 3.63) is 6.42 Å². The Morgan fingerprint density at radius 2 is 2.00 bits per heavy atom. The van der Waals surface area contributed by atoms with Gasteiger partial charge < -0.3 is 0 Å². The van der Waals surface area contributed by atoms with Gasteiger partial charge in [-0.2, -0.15) is 11.8 Å². The fourth-order valence-electron chi connectivity index (χ4n) is 2.56. The van der Waals surface area contributed by atoms with Gasteiger partial charge in [0.25, 0.3) is 0 Å². The Morgan fingerprint density at radius 1 is 1.33 bits per heavy atom. The van der Waals surface area contributed by atoms with Gasteiger partial charge in [0.2, 0.25) is 0 Å². The second kappa shape index (κ2) is 4.01. The molecule has 2 aliphatic rings. The van der Waals surface area contributed by atoms with E-state index < -0.39 is 0 Å². The van der Waals surface area contributed by atoms with Crippen LogP contribution < -0.4 is 0 Å². The quantitative estimate of drug-likeness (QED) is 0.661. The summed E-state index contributed by atoms with van der Waals surface area (Å²) in [5.74, 6) is 1.31. The third-order valence-corrected chi connectivity index (χ3v) is 3.79. The summed E-state index contributed by atoms with van der Waals surface area (Å²) in [7, 11) is 0. The predicted octanol–water partition coefficient (Wildman–Crippen LogP) is 2.18. The lowest BCUT2D eigenvalue weighted by molar-refractivity contribution is 0.175. The molecule has 69 valence electrons. The zero-order valence-electron chi connectivity index (χ0n) is 7.83. The molecule has 2 heteroatoms. The van der Waals surface area contributed by atoms with E-state index in [2.05, 4.69) is 17.6 Å². The van der Waals surface area contributed by atoms with Crippen LogP contribution in [-0.2, 0) is 0 Å². The molecular formula is C10H18NS. The van der Waals surface area contributed by atoms with E-state index in [-0.39, 0.29) is 0 Å². The van der Waals surface area contributed by atoms with Crippen molar-refractivity contribution in [1.82, 2.24) is 4.90 Å². The monoisotopic (exact) mass is 184 g/mol. The van der Waals surface area contributed by atoms with Crippen LogP contribution >= 0.6 is 11.8 Å². The number of rotatable bonds is 3. The molecule has 0 N–H and O–H groups in total. The fourth-order valence-corrected chi connectivity index (χ4v) is 2.96. The van der Waals surface area contributed by atoms with Crippen molar-refractivity contribution in [2.75, 3.05) is 18.6 Å². The second-order valence-electron chi connectivity index (χ2n) is 3.88. The lowest BCUT2D eigenvalue weighted by Crippen LogP contribution is -2.41. The molecule has 0 saturated carbocycles. The minimum atomic E-state index is 0.913. The summed E-state index contributed by atoms with van der Waals surface area (Å²) in [4.78, 5) is 2.75. The van der Waals surface area contributed by atoms with Crippen LogP contribution in [0.1, 0.15) is 25.7 Å². The van der Waals surface area contributed by atoms with Crippen LogP contribution in [0.4, 0.5) is 0 Å². The summed E-state index contributed by atoms with van der Waals surface area (Å²) in [5, 5.41) is 0. The largest absolute Gasteiger partial charge is 0.297 e. The molecule has 2 aliphatic heterocycles. The minimum Gasteiger partial charge on any atom is -0.297 e. The van der Waals surface area contributed by atoms with Crippen molar-refractivity contribution in [2.24, 2.45) is 0 Å². The Bertz CT molecular complexity index is 133. The van der Waals surface area contributed by atoms with Crippen LogP contribution in [0.15, 0.2) is 0 Å².